The highest BCUT2D eigenvalue weighted by molar-refractivity contribution is 7.10. The van der Waals surface area contributed by atoms with Crippen molar-refractivity contribution in [2.24, 2.45) is 11.7 Å². The molecule has 1 saturated heterocycles. The van der Waals surface area contributed by atoms with Crippen molar-refractivity contribution in [2.45, 2.75) is 26.3 Å². The first kappa shape index (κ1) is 12.6. The fourth-order valence-corrected chi connectivity index (χ4v) is 3.19. The van der Waals surface area contributed by atoms with E-state index in [1.54, 1.807) is 0 Å². The normalized spacial score (nSPS) is 20.2. The van der Waals surface area contributed by atoms with Crippen LogP contribution in [0.4, 0.5) is 0 Å². The van der Waals surface area contributed by atoms with Gasteiger partial charge in [-0.05, 0) is 30.3 Å². The number of rotatable bonds is 3. The summed E-state index contributed by atoms with van der Waals surface area (Å²) in [5.74, 6) is 7.00. The van der Waals surface area contributed by atoms with Crippen molar-refractivity contribution in [3.05, 3.63) is 21.9 Å². The van der Waals surface area contributed by atoms with Gasteiger partial charge in [-0.1, -0.05) is 25.2 Å². The molecule has 17 heavy (non-hydrogen) atoms. The lowest BCUT2D eigenvalue weighted by Gasteiger charge is -2.14. The van der Waals surface area contributed by atoms with Crippen LogP contribution in [0.3, 0.4) is 0 Å². The Balaban J connectivity index is 1.97. The summed E-state index contributed by atoms with van der Waals surface area (Å²) < 4.78 is 0. The lowest BCUT2D eigenvalue weighted by molar-refractivity contribution is 0.318. The van der Waals surface area contributed by atoms with E-state index >= 15 is 0 Å². The molecule has 2 heterocycles. The van der Waals surface area contributed by atoms with E-state index in [-0.39, 0.29) is 0 Å². The molecule has 1 aromatic rings. The van der Waals surface area contributed by atoms with Gasteiger partial charge < -0.3 is 5.73 Å². The molecule has 0 radical (unpaired) electrons. The third-order valence-corrected chi connectivity index (χ3v) is 4.29. The zero-order valence-corrected chi connectivity index (χ0v) is 11.2. The second-order valence-corrected chi connectivity index (χ2v) is 5.56. The Labute approximate surface area is 108 Å². The van der Waals surface area contributed by atoms with Crippen LogP contribution in [0, 0.1) is 17.8 Å². The Bertz CT molecular complexity index is 413. The van der Waals surface area contributed by atoms with Crippen molar-refractivity contribution in [3.63, 3.8) is 0 Å². The van der Waals surface area contributed by atoms with Crippen LogP contribution in [0.15, 0.2) is 11.4 Å². The lowest BCUT2D eigenvalue weighted by atomic mass is 10.1. The molecular formula is C14H20N2S. The lowest BCUT2D eigenvalue weighted by Crippen LogP contribution is -2.19. The van der Waals surface area contributed by atoms with Gasteiger partial charge in [-0.3, -0.25) is 4.90 Å². The van der Waals surface area contributed by atoms with Crippen molar-refractivity contribution in [3.8, 4) is 11.8 Å². The molecule has 1 fully saturated rings. The highest BCUT2D eigenvalue weighted by Crippen LogP contribution is 2.24. The van der Waals surface area contributed by atoms with Gasteiger partial charge in [0, 0.05) is 23.5 Å². The van der Waals surface area contributed by atoms with E-state index in [1.807, 2.05) is 11.3 Å². The third-order valence-electron chi connectivity index (χ3n) is 3.39. The Hall–Kier alpha value is -0.820. The summed E-state index contributed by atoms with van der Waals surface area (Å²) in [5, 5.41) is 2.13. The second-order valence-electron chi connectivity index (χ2n) is 4.56. The molecule has 2 nitrogen and oxygen atoms in total. The van der Waals surface area contributed by atoms with Crippen LogP contribution >= 0.6 is 11.3 Å². The summed E-state index contributed by atoms with van der Waals surface area (Å²) in [4.78, 5) is 3.94. The average molecular weight is 248 g/mol. The molecule has 3 heteroatoms. The molecule has 1 unspecified atom stereocenters. The minimum absolute atomic E-state index is 0.441. The molecule has 0 spiro atoms. The number of nitrogens with zero attached hydrogens (tertiary/aromatic N) is 1. The van der Waals surface area contributed by atoms with Crippen molar-refractivity contribution in [1.82, 2.24) is 4.90 Å². The predicted octanol–water partition coefficient (Wildman–Crippen LogP) is 2.29. The summed E-state index contributed by atoms with van der Waals surface area (Å²) in [5.41, 5.74) is 6.58. The van der Waals surface area contributed by atoms with Gasteiger partial charge in [-0.25, -0.2) is 0 Å². The Morgan fingerprint density at radius 1 is 1.59 bits per heavy atom. The standard InChI is InChI=1S/C14H20N2S/c1-2-12-5-8-16(10-12)11-14-13(4-3-7-15)6-9-17-14/h6,9,12H,2,5,7-8,10-11,15H2,1H3. The Morgan fingerprint density at radius 2 is 2.47 bits per heavy atom. The fourth-order valence-electron chi connectivity index (χ4n) is 2.31. The fraction of sp³-hybridized carbons (Fsp3) is 0.571. The molecule has 1 aromatic heterocycles. The SMILES string of the molecule is CCC1CCN(Cc2sccc2C#CCN)C1. The van der Waals surface area contributed by atoms with Crippen LogP contribution in [-0.4, -0.2) is 24.5 Å². The highest BCUT2D eigenvalue weighted by Gasteiger charge is 2.21. The molecule has 0 saturated carbocycles. The summed E-state index contributed by atoms with van der Waals surface area (Å²) in [6.07, 6.45) is 2.66. The maximum atomic E-state index is 5.41. The van der Waals surface area contributed by atoms with Crippen molar-refractivity contribution >= 4 is 11.3 Å². The largest absolute Gasteiger partial charge is 0.320 e. The highest BCUT2D eigenvalue weighted by atomic mass is 32.1. The molecule has 1 aliphatic rings. The molecule has 2 rings (SSSR count). The predicted molar refractivity (Wildman–Crippen MR) is 73.9 cm³/mol. The van der Waals surface area contributed by atoms with Gasteiger partial charge in [0.15, 0.2) is 0 Å². The van der Waals surface area contributed by atoms with Crippen molar-refractivity contribution in [1.29, 1.82) is 0 Å². The average Bonchev–Trinajstić information content (AvgIpc) is 2.96. The van der Waals surface area contributed by atoms with Crippen LogP contribution in [0.2, 0.25) is 0 Å². The number of hydrogen-bond acceptors (Lipinski definition) is 3. The number of hydrogen-bond donors (Lipinski definition) is 1. The van der Waals surface area contributed by atoms with E-state index in [4.69, 9.17) is 5.73 Å². The molecule has 0 aromatic carbocycles. The van der Waals surface area contributed by atoms with E-state index in [0.717, 1.165) is 12.5 Å². The molecular weight excluding hydrogens is 228 g/mol. The molecule has 2 N–H and O–H groups in total. The first-order valence-electron chi connectivity index (χ1n) is 6.31. The van der Waals surface area contributed by atoms with Gasteiger partial charge in [0.2, 0.25) is 0 Å². The summed E-state index contributed by atoms with van der Waals surface area (Å²) >= 11 is 1.81. The van der Waals surface area contributed by atoms with Crippen LogP contribution in [0.5, 0.6) is 0 Å². The number of nitrogens with two attached hydrogens (primary N) is 1. The van der Waals surface area contributed by atoms with Crippen LogP contribution in [-0.2, 0) is 6.54 Å². The third kappa shape index (κ3) is 3.32. The molecule has 1 atom stereocenters. The molecule has 0 amide bonds. The van der Waals surface area contributed by atoms with Gasteiger partial charge in [-0.2, -0.15) is 0 Å². The monoisotopic (exact) mass is 248 g/mol. The minimum atomic E-state index is 0.441. The van der Waals surface area contributed by atoms with E-state index < -0.39 is 0 Å². The van der Waals surface area contributed by atoms with Crippen LogP contribution < -0.4 is 5.73 Å². The molecule has 0 bridgehead atoms. The quantitative estimate of drug-likeness (QED) is 0.832. The van der Waals surface area contributed by atoms with Crippen molar-refractivity contribution < 1.29 is 0 Å². The Kier molecular flexibility index (Phi) is 4.61. The maximum absolute atomic E-state index is 5.41. The van der Waals surface area contributed by atoms with E-state index in [1.165, 1.54) is 36.4 Å². The maximum Gasteiger partial charge on any atom is 0.0555 e. The summed E-state index contributed by atoms with van der Waals surface area (Å²) in [6.45, 7) is 6.27. The van der Waals surface area contributed by atoms with Gasteiger partial charge in [0.25, 0.3) is 0 Å². The smallest absolute Gasteiger partial charge is 0.0555 e. The number of thiophene rings is 1. The minimum Gasteiger partial charge on any atom is -0.320 e. The van der Waals surface area contributed by atoms with E-state index in [2.05, 4.69) is 35.1 Å². The van der Waals surface area contributed by atoms with Gasteiger partial charge >= 0.3 is 0 Å². The van der Waals surface area contributed by atoms with Crippen molar-refractivity contribution in [2.75, 3.05) is 19.6 Å². The van der Waals surface area contributed by atoms with E-state index in [0.29, 0.717) is 6.54 Å². The van der Waals surface area contributed by atoms with Gasteiger partial charge in [0.1, 0.15) is 0 Å². The number of likely N-dealkylation sites (tertiary alicyclic amines) is 1. The van der Waals surface area contributed by atoms with E-state index in [9.17, 15) is 0 Å². The summed E-state index contributed by atoms with van der Waals surface area (Å²) in [6, 6.07) is 2.11. The zero-order chi connectivity index (χ0) is 12.1. The Morgan fingerprint density at radius 3 is 3.18 bits per heavy atom. The molecule has 0 aliphatic carbocycles. The first-order valence-corrected chi connectivity index (χ1v) is 7.19. The van der Waals surface area contributed by atoms with Crippen LogP contribution in [0.1, 0.15) is 30.2 Å². The first-order chi connectivity index (χ1) is 8.33. The van der Waals surface area contributed by atoms with Gasteiger partial charge in [0.05, 0.1) is 6.54 Å². The molecule has 92 valence electrons. The second kappa shape index (κ2) is 6.20. The molecule has 1 aliphatic heterocycles. The zero-order valence-electron chi connectivity index (χ0n) is 10.4. The summed E-state index contributed by atoms with van der Waals surface area (Å²) in [7, 11) is 0. The van der Waals surface area contributed by atoms with Crippen LogP contribution in [0.25, 0.3) is 0 Å². The van der Waals surface area contributed by atoms with Gasteiger partial charge in [-0.15, -0.1) is 11.3 Å². The topological polar surface area (TPSA) is 29.3 Å².